The van der Waals surface area contributed by atoms with E-state index >= 15 is 0 Å². The van der Waals surface area contributed by atoms with Gasteiger partial charge in [-0.05, 0) is 18.9 Å². The van der Waals surface area contributed by atoms with Gasteiger partial charge in [-0.1, -0.05) is 13.8 Å². The molecule has 0 bridgehead atoms. The maximum Gasteiger partial charge on any atom is 0.248 e. The van der Waals surface area contributed by atoms with Gasteiger partial charge in [-0.3, -0.25) is 4.79 Å². The number of hydrogen-bond acceptors (Lipinski definition) is 4. The Labute approximate surface area is 110 Å². The third kappa shape index (κ3) is 4.92. The molecule has 2 atom stereocenters. The van der Waals surface area contributed by atoms with Gasteiger partial charge >= 0.3 is 0 Å². The Morgan fingerprint density at radius 2 is 2.22 bits per heavy atom. The number of piperidine rings is 1. The summed E-state index contributed by atoms with van der Waals surface area (Å²) in [7, 11) is 1.62. The van der Waals surface area contributed by atoms with Crippen LogP contribution in [-0.4, -0.2) is 63.4 Å². The molecule has 1 fully saturated rings. The summed E-state index contributed by atoms with van der Waals surface area (Å²) in [6.45, 7) is 8.13. The normalized spacial score (nSPS) is 24.3. The van der Waals surface area contributed by atoms with Crippen molar-refractivity contribution in [2.75, 3.05) is 46.6 Å². The molecule has 0 aromatic heterocycles. The average Bonchev–Trinajstić information content (AvgIpc) is 2.37. The Balaban J connectivity index is 2.25. The molecule has 1 amide bonds. The average molecular weight is 258 g/mol. The van der Waals surface area contributed by atoms with Gasteiger partial charge in [0.05, 0.1) is 13.2 Å². The van der Waals surface area contributed by atoms with Crippen molar-refractivity contribution in [2.24, 2.45) is 5.92 Å². The van der Waals surface area contributed by atoms with Crippen LogP contribution in [0.2, 0.25) is 0 Å². The van der Waals surface area contributed by atoms with Crippen LogP contribution >= 0.6 is 0 Å². The zero-order valence-corrected chi connectivity index (χ0v) is 11.8. The van der Waals surface area contributed by atoms with Crippen molar-refractivity contribution < 1.29 is 14.3 Å². The first-order valence-corrected chi connectivity index (χ1v) is 6.76. The van der Waals surface area contributed by atoms with Gasteiger partial charge in [0.1, 0.15) is 6.61 Å². The lowest BCUT2D eigenvalue weighted by Crippen LogP contribution is -2.50. The molecule has 1 aliphatic rings. The summed E-state index contributed by atoms with van der Waals surface area (Å²) in [6.07, 6.45) is 1.03. The zero-order chi connectivity index (χ0) is 13.4. The molecule has 0 spiro atoms. The highest BCUT2D eigenvalue weighted by atomic mass is 16.5. The molecule has 0 radical (unpaired) electrons. The molecule has 0 aromatic rings. The summed E-state index contributed by atoms with van der Waals surface area (Å²) >= 11 is 0. The van der Waals surface area contributed by atoms with Crippen LogP contribution in [0.5, 0.6) is 0 Å². The van der Waals surface area contributed by atoms with Crippen LogP contribution < -0.4 is 5.32 Å². The first-order valence-electron chi connectivity index (χ1n) is 6.76. The molecule has 5 nitrogen and oxygen atoms in total. The minimum absolute atomic E-state index is 0.0906. The lowest BCUT2D eigenvalue weighted by molar-refractivity contribution is -0.138. The highest BCUT2D eigenvalue weighted by Crippen LogP contribution is 2.16. The number of carbonyl (C=O) groups is 1. The van der Waals surface area contributed by atoms with Crippen molar-refractivity contribution in [1.82, 2.24) is 10.2 Å². The quantitative estimate of drug-likeness (QED) is 0.676. The van der Waals surface area contributed by atoms with E-state index in [1.54, 1.807) is 7.11 Å². The Hall–Kier alpha value is -0.650. The lowest BCUT2D eigenvalue weighted by atomic mass is 9.94. The summed E-state index contributed by atoms with van der Waals surface area (Å²) in [6, 6.07) is 0.536. The van der Waals surface area contributed by atoms with E-state index in [9.17, 15) is 4.79 Å². The minimum atomic E-state index is 0.0906. The van der Waals surface area contributed by atoms with Crippen LogP contribution in [0.25, 0.3) is 0 Å². The number of ether oxygens (including phenoxy) is 2. The molecule has 18 heavy (non-hydrogen) atoms. The van der Waals surface area contributed by atoms with Gasteiger partial charge in [0.2, 0.25) is 5.91 Å². The number of hydrogen-bond donors (Lipinski definition) is 1. The second-order valence-electron chi connectivity index (χ2n) is 4.82. The number of nitrogens with one attached hydrogen (secondary N) is 1. The fourth-order valence-electron chi connectivity index (χ4n) is 2.33. The van der Waals surface area contributed by atoms with E-state index in [-0.39, 0.29) is 12.5 Å². The van der Waals surface area contributed by atoms with Gasteiger partial charge in [0.15, 0.2) is 0 Å². The fraction of sp³-hybridized carbons (Fsp3) is 0.923. The number of carbonyl (C=O) groups excluding carboxylic acids is 1. The van der Waals surface area contributed by atoms with E-state index < -0.39 is 0 Å². The monoisotopic (exact) mass is 258 g/mol. The predicted molar refractivity (Wildman–Crippen MR) is 70.5 cm³/mol. The summed E-state index contributed by atoms with van der Waals surface area (Å²) in [5, 5.41) is 3.47. The smallest absolute Gasteiger partial charge is 0.248 e. The van der Waals surface area contributed by atoms with Crippen molar-refractivity contribution in [1.29, 1.82) is 0 Å². The molecule has 0 saturated carbocycles. The van der Waals surface area contributed by atoms with Gasteiger partial charge < -0.3 is 19.7 Å². The Morgan fingerprint density at radius 1 is 1.44 bits per heavy atom. The molecule has 1 N–H and O–H groups in total. The zero-order valence-electron chi connectivity index (χ0n) is 11.8. The number of rotatable bonds is 7. The summed E-state index contributed by atoms with van der Waals surface area (Å²) in [5.41, 5.74) is 0. The van der Waals surface area contributed by atoms with Crippen molar-refractivity contribution in [3.63, 3.8) is 0 Å². The van der Waals surface area contributed by atoms with Crippen LogP contribution in [0.15, 0.2) is 0 Å². The molecule has 106 valence electrons. The van der Waals surface area contributed by atoms with Crippen LogP contribution in [0, 0.1) is 5.92 Å². The van der Waals surface area contributed by atoms with Crippen LogP contribution in [0.3, 0.4) is 0 Å². The van der Waals surface area contributed by atoms with E-state index in [1.165, 1.54) is 0 Å². The van der Waals surface area contributed by atoms with Crippen LogP contribution in [0.4, 0.5) is 0 Å². The fourth-order valence-corrected chi connectivity index (χ4v) is 2.33. The molecule has 1 rings (SSSR count). The Bertz CT molecular complexity index is 248. The molecule has 5 heteroatoms. The molecular weight excluding hydrogens is 232 g/mol. The van der Waals surface area contributed by atoms with Crippen LogP contribution in [-0.2, 0) is 14.3 Å². The maximum atomic E-state index is 11.9. The van der Waals surface area contributed by atoms with Crippen molar-refractivity contribution >= 4 is 5.91 Å². The van der Waals surface area contributed by atoms with Crippen LogP contribution in [0.1, 0.15) is 20.3 Å². The standard InChI is InChI=1S/C13H26N2O3/c1-4-14-12-5-6-15(9-11(12)2)13(16)10-18-8-7-17-3/h11-12,14H,4-10H2,1-3H3. The summed E-state index contributed by atoms with van der Waals surface area (Å²) < 4.78 is 10.1. The van der Waals surface area contributed by atoms with Crippen molar-refractivity contribution in [3.8, 4) is 0 Å². The second-order valence-corrected chi connectivity index (χ2v) is 4.82. The highest BCUT2D eigenvalue weighted by molar-refractivity contribution is 5.77. The summed E-state index contributed by atoms with van der Waals surface area (Å²) in [5.74, 6) is 0.592. The number of nitrogens with zero attached hydrogens (tertiary/aromatic N) is 1. The van der Waals surface area contributed by atoms with Gasteiger partial charge in [0.25, 0.3) is 0 Å². The van der Waals surface area contributed by atoms with Gasteiger partial charge in [-0.2, -0.15) is 0 Å². The molecule has 2 unspecified atom stereocenters. The van der Waals surface area contributed by atoms with Gasteiger partial charge in [-0.25, -0.2) is 0 Å². The van der Waals surface area contributed by atoms with Crippen molar-refractivity contribution in [3.05, 3.63) is 0 Å². The first kappa shape index (κ1) is 15.4. The number of methoxy groups -OCH3 is 1. The third-order valence-corrected chi connectivity index (χ3v) is 3.38. The van der Waals surface area contributed by atoms with Gasteiger partial charge in [0, 0.05) is 26.2 Å². The van der Waals surface area contributed by atoms with Gasteiger partial charge in [-0.15, -0.1) is 0 Å². The third-order valence-electron chi connectivity index (χ3n) is 3.38. The Kier molecular flexibility index (Phi) is 7.23. The van der Waals surface area contributed by atoms with E-state index in [0.29, 0.717) is 25.2 Å². The van der Waals surface area contributed by atoms with Crippen molar-refractivity contribution in [2.45, 2.75) is 26.3 Å². The minimum Gasteiger partial charge on any atom is -0.382 e. The number of amides is 1. The molecule has 0 aliphatic carbocycles. The van der Waals surface area contributed by atoms with E-state index in [2.05, 4.69) is 19.2 Å². The maximum absolute atomic E-state index is 11.9. The van der Waals surface area contributed by atoms with E-state index in [0.717, 1.165) is 26.1 Å². The lowest BCUT2D eigenvalue weighted by Gasteiger charge is -2.37. The van der Waals surface area contributed by atoms with E-state index in [1.807, 2.05) is 4.90 Å². The molecule has 1 heterocycles. The molecule has 1 aliphatic heterocycles. The first-order chi connectivity index (χ1) is 8.69. The molecule has 1 saturated heterocycles. The predicted octanol–water partition coefficient (Wildman–Crippen LogP) is 0.496. The van der Waals surface area contributed by atoms with E-state index in [4.69, 9.17) is 9.47 Å². The Morgan fingerprint density at radius 3 is 2.83 bits per heavy atom. The summed E-state index contributed by atoms with van der Waals surface area (Å²) in [4.78, 5) is 13.8. The highest BCUT2D eigenvalue weighted by Gasteiger charge is 2.27. The number of likely N-dealkylation sites (tertiary alicyclic amines) is 1. The molecule has 0 aromatic carbocycles. The molecular formula is C13H26N2O3. The second kappa shape index (κ2) is 8.45. The topological polar surface area (TPSA) is 50.8 Å². The largest absolute Gasteiger partial charge is 0.382 e. The SMILES string of the molecule is CCNC1CCN(C(=O)COCCOC)CC1C.